The average Bonchev–Trinajstić information content (AvgIpc) is 2.84. The molecule has 0 bridgehead atoms. The summed E-state index contributed by atoms with van der Waals surface area (Å²) in [6.07, 6.45) is -0.217. The standard InChI is InChI=1S/C18H16N2O4/c21-15(22)11-12-19-16(13-7-3-1-4-8-13)17(23)20(18(19)24)14-9-5-2-6-10-14/h1-10,16H,11-12H2,(H,21,22). The van der Waals surface area contributed by atoms with E-state index in [0.29, 0.717) is 11.3 Å². The maximum Gasteiger partial charge on any atom is 0.332 e. The monoisotopic (exact) mass is 324 g/mol. The molecule has 0 aliphatic carbocycles. The van der Waals surface area contributed by atoms with Gasteiger partial charge in [0.1, 0.15) is 6.04 Å². The lowest BCUT2D eigenvalue weighted by molar-refractivity contribution is -0.137. The van der Waals surface area contributed by atoms with Crippen LogP contribution in [0.25, 0.3) is 0 Å². The lowest BCUT2D eigenvalue weighted by atomic mass is 10.1. The number of rotatable bonds is 5. The molecule has 1 aliphatic heterocycles. The third-order valence-corrected chi connectivity index (χ3v) is 3.90. The summed E-state index contributed by atoms with van der Waals surface area (Å²) in [6, 6.07) is 16.3. The van der Waals surface area contributed by atoms with Crippen LogP contribution in [0.2, 0.25) is 0 Å². The van der Waals surface area contributed by atoms with Crippen LogP contribution in [-0.4, -0.2) is 34.5 Å². The van der Waals surface area contributed by atoms with Crippen LogP contribution in [0.15, 0.2) is 60.7 Å². The Labute approximate surface area is 138 Å². The molecule has 0 spiro atoms. The molecule has 1 saturated heterocycles. The van der Waals surface area contributed by atoms with E-state index in [1.807, 2.05) is 6.07 Å². The molecule has 1 aliphatic rings. The molecule has 6 heteroatoms. The molecular formula is C18H16N2O4. The number of carboxylic acid groups (broad SMARTS) is 1. The van der Waals surface area contributed by atoms with E-state index in [0.717, 1.165) is 4.90 Å². The van der Waals surface area contributed by atoms with Crippen molar-refractivity contribution in [3.8, 4) is 0 Å². The smallest absolute Gasteiger partial charge is 0.332 e. The first-order valence-electron chi connectivity index (χ1n) is 7.56. The quantitative estimate of drug-likeness (QED) is 0.858. The van der Waals surface area contributed by atoms with Gasteiger partial charge in [-0.05, 0) is 17.7 Å². The van der Waals surface area contributed by atoms with Crippen LogP contribution in [0.3, 0.4) is 0 Å². The van der Waals surface area contributed by atoms with Gasteiger partial charge in [0.15, 0.2) is 0 Å². The first kappa shape index (κ1) is 15.7. The van der Waals surface area contributed by atoms with E-state index in [-0.39, 0.29) is 18.9 Å². The van der Waals surface area contributed by atoms with Crippen molar-refractivity contribution in [2.24, 2.45) is 0 Å². The number of para-hydroxylation sites is 1. The van der Waals surface area contributed by atoms with Gasteiger partial charge in [0.25, 0.3) is 5.91 Å². The number of carbonyl (C=O) groups is 3. The normalized spacial score (nSPS) is 17.4. The Bertz CT molecular complexity index is 761. The zero-order valence-corrected chi connectivity index (χ0v) is 12.8. The van der Waals surface area contributed by atoms with Crippen molar-refractivity contribution in [2.75, 3.05) is 11.4 Å². The number of carboxylic acids is 1. The molecule has 0 saturated carbocycles. The van der Waals surface area contributed by atoms with Crippen LogP contribution >= 0.6 is 0 Å². The molecule has 0 aromatic heterocycles. The Morgan fingerprint density at radius 1 is 0.958 bits per heavy atom. The first-order valence-corrected chi connectivity index (χ1v) is 7.56. The first-order chi connectivity index (χ1) is 11.6. The van der Waals surface area contributed by atoms with Gasteiger partial charge in [0.05, 0.1) is 12.1 Å². The van der Waals surface area contributed by atoms with Gasteiger partial charge in [-0.15, -0.1) is 0 Å². The van der Waals surface area contributed by atoms with Gasteiger partial charge < -0.3 is 10.0 Å². The topological polar surface area (TPSA) is 77.9 Å². The summed E-state index contributed by atoms with van der Waals surface area (Å²) in [5.74, 6) is -1.39. The van der Waals surface area contributed by atoms with Crippen LogP contribution in [0.1, 0.15) is 18.0 Å². The Kier molecular flexibility index (Phi) is 4.29. The molecule has 2 aromatic carbocycles. The highest BCUT2D eigenvalue weighted by Crippen LogP contribution is 2.34. The van der Waals surface area contributed by atoms with Gasteiger partial charge in [-0.1, -0.05) is 48.5 Å². The maximum atomic E-state index is 12.9. The van der Waals surface area contributed by atoms with Gasteiger partial charge in [0.2, 0.25) is 0 Å². The molecule has 3 amide bonds. The highest BCUT2D eigenvalue weighted by Gasteiger charge is 2.46. The fourth-order valence-electron chi connectivity index (χ4n) is 2.80. The second-order valence-corrected chi connectivity index (χ2v) is 5.44. The molecule has 6 nitrogen and oxygen atoms in total. The summed E-state index contributed by atoms with van der Waals surface area (Å²) in [5.41, 5.74) is 1.14. The SMILES string of the molecule is O=C(O)CCN1C(=O)N(c2ccccc2)C(=O)C1c1ccccc1. The fraction of sp³-hybridized carbons (Fsp3) is 0.167. The zero-order chi connectivity index (χ0) is 17.1. The number of hydrogen-bond acceptors (Lipinski definition) is 3. The molecule has 1 unspecified atom stereocenters. The molecule has 1 heterocycles. The van der Waals surface area contributed by atoms with Crippen molar-refractivity contribution < 1.29 is 19.5 Å². The Hall–Kier alpha value is -3.15. The zero-order valence-electron chi connectivity index (χ0n) is 12.8. The van der Waals surface area contributed by atoms with Crippen LogP contribution in [0, 0.1) is 0 Å². The molecular weight excluding hydrogens is 308 g/mol. The summed E-state index contributed by atoms with van der Waals surface area (Å²) in [6.45, 7) is -0.0250. The van der Waals surface area contributed by atoms with E-state index in [1.165, 1.54) is 4.90 Å². The van der Waals surface area contributed by atoms with E-state index in [2.05, 4.69) is 0 Å². The summed E-state index contributed by atoms with van der Waals surface area (Å²) >= 11 is 0. The van der Waals surface area contributed by atoms with Crippen LogP contribution in [-0.2, 0) is 9.59 Å². The number of benzene rings is 2. The molecule has 1 atom stereocenters. The Balaban J connectivity index is 1.99. The number of amides is 3. The van der Waals surface area contributed by atoms with Crippen molar-refractivity contribution >= 4 is 23.6 Å². The van der Waals surface area contributed by atoms with E-state index in [4.69, 9.17) is 5.11 Å². The highest BCUT2D eigenvalue weighted by molar-refractivity contribution is 6.21. The summed E-state index contributed by atoms with van der Waals surface area (Å²) in [7, 11) is 0. The maximum absolute atomic E-state index is 12.9. The van der Waals surface area contributed by atoms with Gasteiger partial charge >= 0.3 is 12.0 Å². The van der Waals surface area contributed by atoms with E-state index < -0.39 is 18.0 Å². The molecule has 3 rings (SSSR count). The Morgan fingerprint density at radius 2 is 1.54 bits per heavy atom. The van der Waals surface area contributed by atoms with Crippen molar-refractivity contribution in [2.45, 2.75) is 12.5 Å². The molecule has 1 fully saturated rings. The van der Waals surface area contributed by atoms with Crippen molar-refractivity contribution in [3.05, 3.63) is 66.2 Å². The third-order valence-electron chi connectivity index (χ3n) is 3.90. The average molecular weight is 324 g/mol. The number of urea groups is 1. The Morgan fingerprint density at radius 3 is 2.12 bits per heavy atom. The third kappa shape index (κ3) is 2.86. The van der Waals surface area contributed by atoms with Crippen molar-refractivity contribution in [1.82, 2.24) is 4.90 Å². The van der Waals surface area contributed by atoms with Crippen molar-refractivity contribution in [3.63, 3.8) is 0 Å². The van der Waals surface area contributed by atoms with Gasteiger partial charge in [0, 0.05) is 6.54 Å². The number of nitrogens with zero attached hydrogens (tertiary/aromatic N) is 2. The van der Waals surface area contributed by atoms with E-state index >= 15 is 0 Å². The van der Waals surface area contributed by atoms with Crippen LogP contribution in [0.5, 0.6) is 0 Å². The molecule has 24 heavy (non-hydrogen) atoms. The highest BCUT2D eigenvalue weighted by atomic mass is 16.4. The molecule has 2 aromatic rings. The number of anilines is 1. The molecule has 1 N–H and O–H groups in total. The lowest BCUT2D eigenvalue weighted by Crippen LogP contribution is -2.34. The van der Waals surface area contributed by atoms with Gasteiger partial charge in [-0.25, -0.2) is 9.69 Å². The van der Waals surface area contributed by atoms with Crippen LogP contribution in [0.4, 0.5) is 10.5 Å². The largest absolute Gasteiger partial charge is 0.481 e. The minimum Gasteiger partial charge on any atom is -0.481 e. The van der Waals surface area contributed by atoms with Gasteiger partial charge in [-0.2, -0.15) is 0 Å². The summed E-state index contributed by atoms with van der Waals surface area (Å²) in [4.78, 5) is 39.0. The summed E-state index contributed by atoms with van der Waals surface area (Å²) < 4.78 is 0. The second kappa shape index (κ2) is 6.54. The van der Waals surface area contributed by atoms with E-state index in [9.17, 15) is 14.4 Å². The van der Waals surface area contributed by atoms with E-state index in [1.54, 1.807) is 54.6 Å². The molecule has 122 valence electrons. The van der Waals surface area contributed by atoms with Crippen LogP contribution < -0.4 is 4.90 Å². The summed E-state index contributed by atoms with van der Waals surface area (Å²) in [5, 5.41) is 8.93. The van der Waals surface area contributed by atoms with Gasteiger partial charge in [-0.3, -0.25) is 9.59 Å². The number of hydrogen-bond donors (Lipinski definition) is 1. The minimum absolute atomic E-state index is 0.0250. The predicted molar refractivity (Wildman–Crippen MR) is 87.5 cm³/mol. The number of imide groups is 1. The fourth-order valence-corrected chi connectivity index (χ4v) is 2.80. The second-order valence-electron chi connectivity index (χ2n) is 5.44. The molecule has 0 radical (unpaired) electrons. The predicted octanol–water partition coefficient (Wildman–Crippen LogP) is 2.67. The number of aliphatic carboxylic acids is 1. The van der Waals surface area contributed by atoms with Crippen molar-refractivity contribution in [1.29, 1.82) is 0 Å². The lowest BCUT2D eigenvalue weighted by Gasteiger charge is -2.21. The minimum atomic E-state index is -1.01. The number of carbonyl (C=O) groups excluding carboxylic acids is 2.